The van der Waals surface area contributed by atoms with Gasteiger partial charge in [0.25, 0.3) is 0 Å². The van der Waals surface area contributed by atoms with Crippen molar-refractivity contribution in [1.29, 1.82) is 0 Å². The first-order valence-corrected chi connectivity index (χ1v) is 4.60. The highest BCUT2D eigenvalue weighted by Gasteiger charge is 2.03. The van der Waals surface area contributed by atoms with Crippen LogP contribution in [0.4, 0.5) is 0 Å². The third-order valence-electron chi connectivity index (χ3n) is 1.36. The first kappa shape index (κ1) is 11.9. The summed E-state index contributed by atoms with van der Waals surface area (Å²) in [6, 6.07) is 0. The number of carbonyl (C=O) groups is 1. The number of rotatable bonds is 5. The summed E-state index contributed by atoms with van der Waals surface area (Å²) in [7, 11) is 0. The maximum absolute atomic E-state index is 11.0. The lowest BCUT2D eigenvalue weighted by Gasteiger charge is -2.03. The van der Waals surface area contributed by atoms with E-state index in [0.717, 1.165) is 0 Å². The zero-order valence-corrected chi connectivity index (χ0v) is 8.62. The van der Waals surface area contributed by atoms with E-state index in [-0.39, 0.29) is 5.97 Å². The van der Waals surface area contributed by atoms with Gasteiger partial charge in [-0.25, -0.2) is 0 Å². The van der Waals surface area contributed by atoms with E-state index in [4.69, 9.17) is 4.74 Å². The van der Waals surface area contributed by atoms with Gasteiger partial charge in [-0.2, -0.15) is 0 Å². The third kappa shape index (κ3) is 8.86. The molecule has 0 rings (SSSR count). The van der Waals surface area contributed by atoms with Crippen molar-refractivity contribution in [2.24, 2.45) is 5.92 Å². The van der Waals surface area contributed by atoms with E-state index in [1.54, 1.807) is 0 Å². The predicted octanol–water partition coefficient (Wildman–Crippen LogP) is 2.71. The van der Waals surface area contributed by atoms with Crippen molar-refractivity contribution in [3.8, 4) is 0 Å². The van der Waals surface area contributed by atoms with Gasteiger partial charge in [-0.15, -0.1) is 0 Å². The van der Waals surface area contributed by atoms with Crippen molar-refractivity contribution in [2.45, 2.75) is 27.2 Å². The summed E-state index contributed by atoms with van der Waals surface area (Å²) >= 11 is 0. The number of ether oxygens (including phenoxy) is 1. The fraction of sp³-hybridized carbons (Fsp3) is 0.545. The topological polar surface area (TPSA) is 26.3 Å². The van der Waals surface area contributed by atoms with Crippen LogP contribution in [0.1, 0.15) is 27.2 Å². The largest absolute Gasteiger partial charge is 0.461 e. The van der Waals surface area contributed by atoms with E-state index in [9.17, 15) is 4.79 Å². The highest BCUT2D eigenvalue weighted by molar-refractivity contribution is 5.69. The minimum Gasteiger partial charge on any atom is -0.461 e. The zero-order valence-electron chi connectivity index (χ0n) is 8.62. The highest BCUT2D eigenvalue weighted by Crippen LogP contribution is 2.00. The van der Waals surface area contributed by atoms with Gasteiger partial charge in [0, 0.05) is 6.42 Å². The van der Waals surface area contributed by atoms with Crippen LogP contribution in [-0.4, -0.2) is 12.6 Å². The maximum atomic E-state index is 11.0. The molecular weight excluding hydrogens is 164 g/mol. The molecule has 0 amide bonds. The summed E-state index contributed by atoms with van der Waals surface area (Å²) < 4.78 is 4.94. The van der Waals surface area contributed by atoms with Crippen LogP contribution in [0.5, 0.6) is 0 Å². The molecule has 0 aromatic heterocycles. The molecule has 0 radical (unpaired) electrons. The molecule has 0 atom stereocenters. The smallest absolute Gasteiger partial charge is 0.306 e. The fourth-order valence-corrected chi connectivity index (χ4v) is 0.779. The Balaban J connectivity index is 3.47. The molecule has 0 fully saturated rings. The molecule has 0 heterocycles. The van der Waals surface area contributed by atoms with Crippen LogP contribution in [0.2, 0.25) is 0 Å². The summed E-state index contributed by atoms with van der Waals surface area (Å²) in [6.45, 7) is 6.30. The molecular formula is C11H18O2. The lowest BCUT2D eigenvalue weighted by molar-refractivity contribution is -0.143. The summed E-state index contributed by atoms with van der Waals surface area (Å²) in [5.41, 5.74) is 0. The second-order valence-electron chi connectivity index (χ2n) is 3.23. The van der Waals surface area contributed by atoms with E-state index in [2.05, 4.69) is 0 Å². The summed E-state index contributed by atoms with van der Waals surface area (Å²) in [5.74, 6) is 0.243. The quantitative estimate of drug-likeness (QED) is 0.482. The second-order valence-corrected chi connectivity index (χ2v) is 3.23. The van der Waals surface area contributed by atoms with Gasteiger partial charge in [0.2, 0.25) is 0 Å². The van der Waals surface area contributed by atoms with Crippen LogP contribution in [0.25, 0.3) is 0 Å². The number of hydrogen-bond donors (Lipinski definition) is 0. The Hall–Kier alpha value is -1.05. The van der Waals surface area contributed by atoms with Gasteiger partial charge in [-0.1, -0.05) is 32.1 Å². The van der Waals surface area contributed by atoms with Crippen molar-refractivity contribution >= 4 is 5.97 Å². The van der Waals surface area contributed by atoms with Gasteiger partial charge in [-0.05, 0) is 18.9 Å². The average molecular weight is 182 g/mol. The highest BCUT2D eigenvalue weighted by atomic mass is 16.5. The predicted molar refractivity (Wildman–Crippen MR) is 54.4 cm³/mol. The molecule has 0 aliphatic heterocycles. The molecule has 0 bridgehead atoms. The van der Waals surface area contributed by atoms with Crippen molar-refractivity contribution in [1.82, 2.24) is 0 Å². The number of esters is 1. The lowest BCUT2D eigenvalue weighted by Crippen LogP contribution is -2.07. The van der Waals surface area contributed by atoms with E-state index in [1.165, 1.54) is 0 Å². The first-order valence-electron chi connectivity index (χ1n) is 4.60. The Morgan fingerprint density at radius 2 is 2.08 bits per heavy atom. The van der Waals surface area contributed by atoms with Crippen LogP contribution >= 0.6 is 0 Å². The van der Waals surface area contributed by atoms with E-state index in [1.807, 2.05) is 45.1 Å². The van der Waals surface area contributed by atoms with Crippen LogP contribution in [0.15, 0.2) is 24.3 Å². The normalized spacial score (nSPS) is 11.7. The minimum absolute atomic E-state index is 0.125. The van der Waals surface area contributed by atoms with Gasteiger partial charge in [0.1, 0.15) is 6.61 Å². The second kappa shape index (κ2) is 7.59. The van der Waals surface area contributed by atoms with E-state index in [0.29, 0.717) is 18.9 Å². The first-order chi connectivity index (χ1) is 6.16. The molecule has 0 saturated heterocycles. The summed E-state index contributed by atoms with van der Waals surface area (Å²) in [5, 5.41) is 0. The number of carbonyl (C=O) groups excluding carboxylic acids is 1. The Kier molecular flexibility index (Phi) is 6.98. The van der Waals surface area contributed by atoms with Crippen LogP contribution in [0, 0.1) is 5.92 Å². The van der Waals surface area contributed by atoms with Gasteiger partial charge in [0.05, 0.1) is 0 Å². The molecule has 0 saturated carbocycles. The van der Waals surface area contributed by atoms with Crippen LogP contribution in [0.3, 0.4) is 0 Å². The molecule has 0 unspecified atom stereocenters. The summed E-state index contributed by atoms with van der Waals surface area (Å²) in [6.07, 6.45) is 8.00. The van der Waals surface area contributed by atoms with Crippen molar-refractivity contribution < 1.29 is 9.53 Å². The molecule has 74 valence electrons. The van der Waals surface area contributed by atoms with Crippen molar-refractivity contribution in [3.63, 3.8) is 0 Å². The molecule has 0 aromatic rings. The molecule has 0 spiro atoms. The molecule has 0 aromatic carbocycles. The molecule has 2 heteroatoms. The average Bonchev–Trinajstić information content (AvgIpc) is 2.02. The molecule has 2 nitrogen and oxygen atoms in total. The van der Waals surface area contributed by atoms with Crippen molar-refractivity contribution in [3.05, 3.63) is 24.3 Å². The third-order valence-corrected chi connectivity index (χ3v) is 1.36. The van der Waals surface area contributed by atoms with E-state index < -0.39 is 0 Å². The lowest BCUT2D eigenvalue weighted by atomic mass is 10.1. The molecule has 0 N–H and O–H groups in total. The maximum Gasteiger partial charge on any atom is 0.306 e. The van der Waals surface area contributed by atoms with Gasteiger partial charge >= 0.3 is 5.97 Å². The Bertz CT molecular complexity index is 190. The minimum atomic E-state index is -0.125. The monoisotopic (exact) mass is 182 g/mol. The fourth-order valence-electron chi connectivity index (χ4n) is 0.779. The zero-order chi connectivity index (χ0) is 10.1. The summed E-state index contributed by atoms with van der Waals surface area (Å²) in [4.78, 5) is 11.0. The Morgan fingerprint density at radius 3 is 2.62 bits per heavy atom. The Labute approximate surface area is 80.3 Å². The molecule has 13 heavy (non-hydrogen) atoms. The van der Waals surface area contributed by atoms with Crippen LogP contribution < -0.4 is 0 Å². The van der Waals surface area contributed by atoms with Crippen molar-refractivity contribution in [2.75, 3.05) is 6.61 Å². The SMILES string of the molecule is CC=CC=CCOC(=O)CC(C)C. The van der Waals surface area contributed by atoms with Gasteiger partial charge in [0.15, 0.2) is 0 Å². The van der Waals surface area contributed by atoms with E-state index >= 15 is 0 Å². The standard InChI is InChI=1S/C11H18O2/c1-4-5-6-7-8-13-11(12)9-10(2)3/h4-7,10H,8-9H2,1-3H3. The van der Waals surface area contributed by atoms with Crippen LogP contribution in [-0.2, 0) is 9.53 Å². The van der Waals surface area contributed by atoms with Gasteiger partial charge in [-0.3, -0.25) is 4.79 Å². The molecule has 0 aliphatic carbocycles. The Morgan fingerprint density at radius 1 is 1.38 bits per heavy atom. The molecule has 0 aliphatic rings. The number of allylic oxidation sites excluding steroid dienone is 3. The number of hydrogen-bond acceptors (Lipinski definition) is 2. The van der Waals surface area contributed by atoms with Gasteiger partial charge < -0.3 is 4.74 Å².